The van der Waals surface area contributed by atoms with Gasteiger partial charge in [0.2, 0.25) is 0 Å². The summed E-state index contributed by atoms with van der Waals surface area (Å²) in [6, 6.07) is 20.5. The summed E-state index contributed by atoms with van der Waals surface area (Å²) in [5.41, 5.74) is 5.56. The van der Waals surface area contributed by atoms with E-state index in [4.69, 9.17) is 14.6 Å². The molecule has 0 bridgehead atoms. The van der Waals surface area contributed by atoms with Gasteiger partial charge >= 0.3 is 8.56 Å². The monoisotopic (exact) mass is 301 g/mol. The van der Waals surface area contributed by atoms with Crippen LogP contribution in [0, 0.1) is 0 Å². The predicted octanol–water partition coefficient (Wildman–Crippen LogP) is 1.64. The summed E-state index contributed by atoms with van der Waals surface area (Å²) in [7, 11) is -0.867. The van der Waals surface area contributed by atoms with Crippen molar-refractivity contribution in [2.24, 2.45) is 5.73 Å². The van der Waals surface area contributed by atoms with E-state index in [0.717, 1.165) is 23.2 Å². The molecule has 0 heterocycles. The molecule has 2 aromatic rings. The van der Waals surface area contributed by atoms with Crippen LogP contribution in [0.25, 0.3) is 0 Å². The lowest BCUT2D eigenvalue weighted by Gasteiger charge is -2.30. The van der Waals surface area contributed by atoms with E-state index in [-0.39, 0.29) is 0 Å². The van der Waals surface area contributed by atoms with Crippen molar-refractivity contribution in [1.29, 1.82) is 0 Å². The van der Waals surface area contributed by atoms with Crippen LogP contribution in [0.3, 0.4) is 0 Å². The van der Waals surface area contributed by atoms with Crippen molar-refractivity contribution in [1.82, 2.24) is 0 Å². The summed E-state index contributed by atoms with van der Waals surface area (Å²) in [4.78, 5) is 0. The third-order valence-corrected chi connectivity index (χ3v) is 6.87. The number of rotatable bonds is 8. The average molecular weight is 301 g/mol. The number of hydrogen-bond acceptors (Lipinski definition) is 3. The van der Waals surface area contributed by atoms with E-state index in [1.165, 1.54) is 0 Å². The van der Waals surface area contributed by atoms with Crippen molar-refractivity contribution in [3.63, 3.8) is 0 Å². The molecule has 21 heavy (non-hydrogen) atoms. The molecule has 0 radical (unpaired) electrons. The zero-order valence-corrected chi connectivity index (χ0v) is 13.5. The quantitative estimate of drug-likeness (QED) is 0.595. The van der Waals surface area contributed by atoms with Crippen LogP contribution in [-0.4, -0.2) is 28.8 Å². The van der Waals surface area contributed by atoms with Crippen LogP contribution >= 0.6 is 0 Å². The first kappa shape index (κ1) is 15.9. The molecule has 0 aromatic heterocycles. The lowest BCUT2D eigenvalue weighted by Crippen LogP contribution is -2.62. The highest BCUT2D eigenvalue weighted by Gasteiger charge is 2.41. The van der Waals surface area contributed by atoms with Gasteiger partial charge in [-0.2, -0.15) is 0 Å². The van der Waals surface area contributed by atoms with E-state index in [9.17, 15) is 0 Å². The van der Waals surface area contributed by atoms with Gasteiger partial charge in [-0.1, -0.05) is 60.7 Å². The Bertz CT molecular complexity index is 479. The fourth-order valence-corrected chi connectivity index (χ4v) is 5.36. The van der Waals surface area contributed by atoms with Crippen LogP contribution < -0.4 is 16.1 Å². The molecule has 0 aliphatic heterocycles. The number of hydrogen-bond donors (Lipinski definition) is 1. The highest BCUT2D eigenvalue weighted by molar-refractivity contribution is 6.92. The van der Waals surface area contributed by atoms with Gasteiger partial charge in [0.15, 0.2) is 0 Å². The van der Waals surface area contributed by atoms with E-state index < -0.39 is 8.56 Å². The molecule has 3 nitrogen and oxygen atoms in total. The normalized spacial score (nSPS) is 11.5. The molecule has 0 saturated heterocycles. The minimum absolute atomic E-state index is 0.668. The van der Waals surface area contributed by atoms with Gasteiger partial charge in [0, 0.05) is 13.7 Å². The van der Waals surface area contributed by atoms with Crippen molar-refractivity contribution in [3.8, 4) is 0 Å². The van der Waals surface area contributed by atoms with Crippen LogP contribution in [0.1, 0.15) is 12.8 Å². The summed E-state index contributed by atoms with van der Waals surface area (Å²) >= 11 is 0. The first-order chi connectivity index (χ1) is 10.3. The topological polar surface area (TPSA) is 44.5 Å². The van der Waals surface area contributed by atoms with Crippen molar-refractivity contribution in [3.05, 3.63) is 60.7 Å². The maximum absolute atomic E-state index is 6.31. The molecule has 2 N–H and O–H groups in total. The van der Waals surface area contributed by atoms with Gasteiger partial charge < -0.3 is 14.6 Å². The van der Waals surface area contributed by atoms with E-state index in [2.05, 4.69) is 24.3 Å². The Balaban J connectivity index is 2.32. The standard InChI is InChI=1S/C17H23NO2Si/c1-19-21(20-15-9-8-14-18,16-10-4-2-5-11-16)17-12-6-3-7-13-17/h2-7,10-13H,8-9,14-15,18H2,1H3. The molecule has 2 rings (SSSR count). The zero-order valence-electron chi connectivity index (χ0n) is 12.5. The van der Waals surface area contributed by atoms with Gasteiger partial charge in [-0.05, 0) is 29.8 Å². The van der Waals surface area contributed by atoms with Gasteiger partial charge in [-0.3, -0.25) is 0 Å². The van der Waals surface area contributed by atoms with Gasteiger partial charge in [-0.15, -0.1) is 0 Å². The summed E-state index contributed by atoms with van der Waals surface area (Å²) in [5, 5.41) is 2.26. The molecule has 4 heteroatoms. The Kier molecular flexibility index (Phi) is 6.14. The highest BCUT2D eigenvalue weighted by Crippen LogP contribution is 2.10. The second-order valence-electron chi connectivity index (χ2n) is 4.90. The van der Waals surface area contributed by atoms with Gasteiger partial charge in [0.05, 0.1) is 0 Å². The van der Waals surface area contributed by atoms with E-state index in [1.54, 1.807) is 7.11 Å². The molecule has 0 aliphatic carbocycles. The Labute approximate surface area is 128 Å². The summed E-state index contributed by atoms with van der Waals surface area (Å²) in [6.07, 6.45) is 1.92. The van der Waals surface area contributed by atoms with E-state index in [0.29, 0.717) is 13.2 Å². The molecule has 0 aliphatic rings. The van der Waals surface area contributed by atoms with Gasteiger partial charge in [0.1, 0.15) is 0 Å². The lowest BCUT2D eigenvalue weighted by molar-refractivity contribution is 0.220. The smallest absolute Gasteiger partial charge is 0.391 e. The molecule has 0 unspecified atom stereocenters. The summed E-state index contributed by atoms with van der Waals surface area (Å²) in [6.45, 7) is 1.36. The molecule has 112 valence electrons. The molecular formula is C17H23NO2Si. The van der Waals surface area contributed by atoms with Crippen LogP contribution in [0.4, 0.5) is 0 Å². The van der Waals surface area contributed by atoms with Gasteiger partial charge in [-0.25, -0.2) is 0 Å². The minimum atomic E-state index is -2.61. The Morgan fingerprint density at radius 1 is 0.857 bits per heavy atom. The molecule has 0 atom stereocenters. The fourth-order valence-electron chi connectivity index (χ4n) is 2.41. The first-order valence-electron chi connectivity index (χ1n) is 7.33. The lowest BCUT2D eigenvalue weighted by atomic mass is 10.3. The second kappa shape index (κ2) is 8.10. The van der Waals surface area contributed by atoms with Crippen LogP contribution in [0.5, 0.6) is 0 Å². The van der Waals surface area contributed by atoms with E-state index >= 15 is 0 Å². The number of unbranched alkanes of at least 4 members (excludes halogenated alkanes) is 1. The minimum Gasteiger partial charge on any atom is -0.391 e. The maximum atomic E-state index is 6.31. The van der Waals surface area contributed by atoms with E-state index in [1.807, 2.05) is 36.4 Å². The SMILES string of the molecule is CO[Si](OCCCCN)(c1ccccc1)c1ccccc1. The molecule has 0 saturated carbocycles. The van der Waals surface area contributed by atoms with Crippen LogP contribution in [0.15, 0.2) is 60.7 Å². The Morgan fingerprint density at radius 2 is 1.38 bits per heavy atom. The van der Waals surface area contributed by atoms with Crippen LogP contribution in [0.2, 0.25) is 0 Å². The first-order valence-corrected chi connectivity index (χ1v) is 9.15. The molecule has 2 aromatic carbocycles. The van der Waals surface area contributed by atoms with Crippen molar-refractivity contribution >= 4 is 18.9 Å². The fraction of sp³-hybridized carbons (Fsp3) is 0.294. The number of nitrogens with two attached hydrogens (primary N) is 1. The number of benzene rings is 2. The Morgan fingerprint density at radius 3 is 1.81 bits per heavy atom. The third kappa shape index (κ3) is 3.80. The predicted molar refractivity (Wildman–Crippen MR) is 89.2 cm³/mol. The van der Waals surface area contributed by atoms with Gasteiger partial charge in [0.25, 0.3) is 0 Å². The van der Waals surface area contributed by atoms with Crippen LogP contribution in [-0.2, 0) is 8.85 Å². The Hall–Kier alpha value is -1.46. The second-order valence-corrected chi connectivity index (χ2v) is 7.98. The highest BCUT2D eigenvalue weighted by atomic mass is 28.4. The zero-order chi connectivity index (χ0) is 15.0. The van der Waals surface area contributed by atoms with Crippen molar-refractivity contribution < 1.29 is 8.85 Å². The van der Waals surface area contributed by atoms with Crippen molar-refractivity contribution in [2.75, 3.05) is 20.3 Å². The summed E-state index contributed by atoms with van der Waals surface area (Å²) in [5.74, 6) is 0. The molecule has 0 fully saturated rings. The maximum Gasteiger partial charge on any atom is 0.406 e. The largest absolute Gasteiger partial charge is 0.406 e. The van der Waals surface area contributed by atoms with Crippen molar-refractivity contribution in [2.45, 2.75) is 12.8 Å². The molecule has 0 spiro atoms. The molecular weight excluding hydrogens is 278 g/mol. The average Bonchev–Trinajstić information content (AvgIpc) is 2.57. The molecule has 0 amide bonds. The summed E-state index contributed by atoms with van der Waals surface area (Å²) < 4.78 is 12.3. The third-order valence-electron chi connectivity index (χ3n) is 3.50.